The summed E-state index contributed by atoms with van der Waals surface area (Å²) in [6.07, 6.45) is 1.45. The van der Waals surface area contributed by atoms with Gasteiger partial charge >= 0.3 is 0 Å². The quantitative estimate of drug-likeness (QED) is 0.642. The van der Waals surface area contributed by atoms with E-state index in [1.54, 1.807) is 18.0 Å². The van der Waals surface area contributed by atoms with Crippen molar-refractivity contribution in [3.63, 3.8) is 0 Å². The van der Waals surface area contributed by atoms with Gasteiger partial charge in [0.25, 0.3) is 5.91 Å². The second-order valence-corrected chi connectivity index (χ2v) is 5.81. The third kappa shape index (κ3) is 3.93. The highest BCUT2D eigenvalue weighted by Gasteiger charge is 2.14. The van der Waals surface area contributed by atoms with Crippen LogP contribution in [0.5, 0.6) is 0 Å². The number of amides is 1. The van der Waals surface area contributed by atoms with Gasteiger partial charge in [-0.2, -0.15) is 0 Å². The number of hydrogen-bond acceptors (Lipinski definition) is 4. The van der Waals surface area contributed by atoms with Crippen molar-refractivity contribution in [1.29, 1.82) is 0 Å². The third-order valence-electron chi connectivity index (χ3n) is 2.88. The molecule has 2 rings (SSSR count). The molecular weight excluding hydrogens is 356 g/mol. The summed E-state index contributed by atoms with van der Waals surface area (Å²) in [6, 6.07) is 9.34. The van der Waals surface area contributed by atoms with Crippen LogP contribution in [0, 0.1) is 0 Å². The molecule has 0 fully saturated rings. The Morgan fingerprint density at radius 2 is 2.24 bits per heavy atom. The molecule has 0 radical (unpaired) electrons. The average Bonchev–Trinajstić information content (AvgIpc) is 2.46. The fourth-order valence-electron chi connectivity index (χ4n) is 1.86. The first-order valence-corrected chi connectivity index (χ1v) is 7.30. The molecule has 0 atom stereocenters. The molecular formula is C14H14BrClN4O. The van der Waals surface area contributed by atoms with Crippen LogP contribution < -0.4 is 11.3 Å². The third-order valence-corrected chi connectivity index (χ3v) is 3.66. The highest BCUT2D eigenvalue weighted by molar-refractivity contribution is 9.10. The van der Waals surface area contributed by atoms with E-state index in [1.807, 2.05) is 24.3 Å². The van der Waals surface area contributed by atoms with Crippen molar-refractivity contribution in [2.75, 3.05) is 12.5 Å². The summed E-state index contributed by atoms with van der Waals surface area (Å²) in [6.45, 7) is 0.493. The maximum Gasteiger partial charge on any atom is 0.255 e. The van der Waals surface area contributed by atoms with Gasteiger partial charge in [0, 0.05) is 24.3 Å². The van der Waals surface area contributed by atoms with Crippen LogP contribution in [0.2, 0.25) is 5.02 Å². The van der Waals surface area contributed by atoms with E-state index in [1.165, 1.54) is 6.20 Å². The number of carbonyl (C=O) groups is 1. The van der Waals surface area contributed by atoms with E-state index in [0.29, 0.717) is 22.9 Å². The van der Waals surface area contributed by atoms with Gasteiger partial charge in [-0.3, -0.25) is 4.79 Å². The molecule has 0 saturated carbocycles. The van der Waals surface area contributed by atoms with E-state index in [2.05, 4.69) is 26.3 Å². The van der Waals surface area contributed by atoms with Crippen molar-refractivity contribution in [2.24, 2.45) is 5.84 Å². The van der Waals surface area contributed by atoms with Gasteiger partial charge in [-0.15, -0.1) is 0 Å². The van der Waals surface area contributed by atoms with E-state index in [0.717, 1.165) is 10.0 Å². The summed E-state index contributed by atoms with van der Waals surface area (Å²) in [5.74, 6) is 5.43. The lowest BCUT2D eigenvalue weighted by Gasteiger charge is -2.17. The summed E-state index contributed by atoms with van der Waals surface area (Å²) < 4.78 is 0.976. The summed E-state index contributed by atoms with van der Waals surface area (Å²) in [7, 11) is 1.73. The number of nitrogens with one attached hydrogen (secondary N) is 1. The molecule has 1 amide bonds. The first-order chi connectivity index (χ1) is 10.0. The largest absolute Gasteiger partial charge is 0.337 e. The standard InChI is InChI=1S/C14H14BrClN4O/c1-20(8-9-3-2-4-11(15)5-9)14(21)10-6-12(16)13(19-17)18-7-10/h2-7H,8,17H2,1H3,(H,18,19). The lowest BCUT2D eigenvalue weighted by molar-refractivity contribution is 0.0784. The Bertz CT molecular complexity index is 665. The molecule has 0 spiro atoms. The number of halogens is 2. The molecule has 1 aromatic carbocycles. The lowest BCUT2D eigenvalue weighted by Crippen LogP contribution is -2.26. The smallest absolute Gasteiger partial charge is 0.255 e. The molecule has 110 valence electrons. The van der Waals surface area contributed by atoms with Gasteiger partial charge < -0.3 is 10.3 Å². The maximum absolute atomic E-state index is 12.3. The molecule has 2 aromatic rings. The van der Waals surface area contributed by atoms with Crippen molar-refractivity contribution in [3.8, 4) is 0 Å². The Morgan fingerprint density at radius 1 is 1.48 bits per heavy atom. The van der Waals surface area contributed by atoms with E-state index in [9.17, 15) is 4.79 Å². The van der Waals surface area contributed by atoms with Crippen LogP contribution in [-0.4, -0.2) is 22.8 Å². The lowest BCUT2D eigenvalue weighted by atomic mass is 10.2. The van der Waals surface area contributed by atoms with Crippen LogP contribution in [0.3, 0.4) is 0 Å². The Morgan fingerprint density at radius 3 is 2.86 bits per heavy atom. The number of pyridine rings is 1. The average molecular weight is 370 g/mol. The highest BCUT2D eigenvalue weighted by Crippen LogP contribution is 2.20. The molecule has 1 heterocycles. The number of anilines is 1. The number of carbonyl (C=O) groups excluding carboxylic acids is 1. The van der Waals surface area contributed by atoms with E-state index in [-0.39, 0.29) is 5.91 Å². The normalized spacial score (nSPS) is 10.3. The monoisotopic (exact) mass is 368 g/mol. The van der Waals surface area contributed by atoms with Gasteiger partial charge in [0.1, 0.15) is 0 Å². The number of hydrogen-bond donors (Lipinski definition) is 2. The van der Waals surface area contributed by atoms with Crippen molar-refractivity contribution in [3.05, 3.63) is 57.2 Å². The summed E-state index contributed by atoms with van der Waals surface area (Å²) >= 11 is 9.39. The topological polar surface area (TPSA) is 71.2 Å². The molecule has 0 unspecified atom stereocenters. The van der Waals surface area contributed by atoms with Crippen molar-refractivity contribution < 1.29 is 4.79 Å². The second-order valence-electron chi connectivity index (χ2n) is 4.49. The Kier molecular flexibility index (Phi) is 5.17. The van der Waals surface area contributed by atoms with E-state index < -0.39 is 0 Å². The van der Waals surface area contributed by atoms with Crippen molar-refractivity contribution >= 4 is 39.3 Å². The molecule has 5 nitrogen and oxygen atoms in total. The minimum atomic E-state index is -0.159. The molecule has 0 aliphatic carbocycles. The van der Waals surface area contributed by atoms with Gasteiger partial charge in [-0.25, -0.2) is 10.8 Å². The fourth-order valence-corrected chi connectivity index (χ4v) is 2.53. The first-order valence-electron chi connectivity index (χ1n) is 6.13. The van der Waals surface area contributed by atoms with E-state index >= 15 is 0 Å². The molecule has 7 heteroatoms. The predicted molar refractivity (Wildman–Crippen MR) is 87.0 cm³/mol. The van der Waals surface area contributed by atoms with Crippen LogP contribution >= 0.6 is 27.5 Å². The maximum atomic E-state index is 12.3. The van der Waals surface area contributed by atoms with Gasteiger partial charge in [-0.05, 0) is 23.8 Å². The van der Waals surface area contributed by atoms with Crippen LogP contribution in [0.15, 0.2) is 41.0 Å². The number of aromatic nitrogens is 1. The summed E-state index contributed by atoms with van der Waals surface area (Å²) in [4.78, 5) is 17.9. The highest BCUT2D eigenvalue weighted by atomic mass is 79.9. The number of benzene rings is 1. The van der Waals surface area contributed by atoms with Crippen LogP contribution in [0.25, 0.3) is 0 Å². The number of hydrazine groups is 1. The number of rotatable bonds is 4. The van der Waals surface area contributed by atoms with Gasteiger partial charge in [0.2, 0.25) is 0 Å². The Hall–Kier alpha value is -1.63. The summed E-state index contributed by atoms with van der Waals surface area (Å²) in [5.41, 5.74) is 3.80. The zero-order valence-corrected chi connectivity index (χ0v) is 13.6. The number of nitrogen functional groups attached to an aromatic ring is 1. The van der Waals surface area contributed by atoms with Gasteiger partial charge in [-0.1, -0.05) is 39.7 Å². The van der Waals surface area contributed by atoms with Crippen molar-refractivity contribution in [1.82, 2.24) is 9.88 Å². The Labute approximate surface area is 136 Å². The van der Waals surface area contributed by atoms with Crippen LogP contribution in [0.4, 0.5) is 5.82 Å². The van der Waals surface area contributed by atoms with Gasteiger partial charge in [0.15, 0.2) is 5.82 Å². The van der Waals surface area contributed by atoms with Crippen LogP contribution in [0.1, 0.15) is 15.9 Å². The molecule has 21 heavy (non-hydrogen) atoms. The molecule has 3 N–H and O–H groups in total. The first kappa shape index (κ1) is 15.8. The minimum absolute atomic E-state index is 0.159. The fraction of sp³-hybridized carbons (Fsp3) is 0.143. The Balaban J connectivity index is 2.14. The van der Waals surface area contributed by atoms with E-state index in [4.69, 9.17) is 17.4 Å². The van der Waals surface area contributed by atoms with Crippen LogP contribution in [-0.2, 0) is 6.54 Å². The summed E-state index contributed by atoms with van der Waals surface area (Å²) in [5, 5.41) is 0.305. The minimum Gasteiger partial charge on any atom is -0.337 e. The SMILES string of the molecule is CN(Cc1cccc(Br)c1)C(=O)c1cnc(NN)c(Cl)c1. The predicted octanol–water partition coefficient (Wildman–Crippen LogP) is 3.06. The molecule has 0 saturated heterocycles. The molecule has 0 aliphatic rings. The second kappa shape index (κ2) is 6.89. The van der Waals surface area contributed by atoms with Gasteiger partial charge in [0.05, 0.1) is 10.6 Å². The molecule has 1 aromatic heterocycles. The number of nitrogens with two attached hydrogens (primary N) is 1. The number of nitrogens with zero attached hydrogens (tertiary/aromatic N) is 2. The molecule has 0 aliphatic heterocycles. The molecule has 0 bridgehead atoms. The zero-order valence-electron chi connectivity index (χ0n) is 11.3. The van der Waals surface area contributed by atoms with Crippen molar-refractivity contribution in [2.45, 2.75) is 6.54 Å². The zero-order chi connectivity index (χ0) is 15.4.